The van der Waals surface area contributed by atoms with Crippen molar-refractivity contribution in [3.63, 3.8) is 0 Å². The first-order valence-corrected chi connectivity index (χ1v) is 7.70. The van der Waals surface area contributed by atoms with Gasteiger partial charge in [-0.15, -0.1) is 0 Å². The molecule has 0 unspecified atom stereocenters. The Morgan fingerprint density at radius 2 is 2.05 bits per heavy atom. The van der Waals surface area contributed by atoms with E-state index in [0.29, 0.717) is 16.4 Å². The minimum absolute atomic E-state index is 0.0252. The van der Waals surface area contributed by atoms with Crippen molar-refractivity contribution in [3.8, 4) is 0 Å². The molecule has 10 heteroatoms. The van der Waals surface area contributed by atoms with Crippen molar-refractivity contribution in [3.05, 3.63) is 39.9 Å². The summed E-state index contributed by atoms with van der Waals surface area (Å²) in [7, 11) is -3.80. The zero-order valence-corrected chi connectivity index (χ0v) is 12.4. The second-order valence-corrected chi connectivity index (χ2v) is 6.38. The van der Waals surface area contributed by atoms with Crippen LogP contribution in [0.25, 0.3) is 0 Å². The molecule has 0 radical (unpaired) electrons. The number of hydrogen-bond acceptors (Lipinski definition) is 5. The summed E-state index contributed by atoms with van der Waals surface area (Å²) in [6.45, 7) is 0.0832. The number of aromatic amines is 1. The van der Waals surface area contributed by atoms with Gasteiger partial charge in [-0.25, -0.2) is 18.1 Å². The van der Waals surface area contributed by atoms with Crippen LogP contribution < -0.4 is 10.5 Å². The topological polar surface area (TPSA) is 114 Å². The number of hydrogen-bond donors (Lipinski definition) is 3. The van der Waals surface area contributed by atoms with Gasteiger partial charge < -0.3 is 5.73 Å². The second kappa shape index (κ2) is 6.06. The fourth-order valence-corrected chi connectivity index (χ4v) is 3.35. The minimum Gasteiger partial charge on any atom is -0.326 e. The molecule has 2 rings (SSSR count). The van der Waals surface area contributed by atoms with Crippen molar-refractivity contribution < 1.29 is 8.42 Å². The van der Waals surface area contributed by atoms with E-state index in [9.17, 15) is 8.42 Å². The lowest BCUT2D eigenvalue weighted by atomic mass is 10.2. The maximum Gasteiger partial charge on any atom is 0.242 e. The molecule has 0 fully saturated rings. The normalized spacial score (nSPS) is 11.8. The van der Waals surface area contributed by atoms with Crippen molar-refractivity contribution in [1.82, 2.24) is 19.9 Å². The van der Waals surface area contributed by atoms with Gasteiger partial charge in [-0.3, -0.25) is 5.10 Å². The highest BCUT2D eigenvalue weighted by atomic mass is 35.5. The van der Waals surface area contributed by atoms with Crippen LogP contribution in [0.2, 0.25) is 10.0 Å². The summed E-state index contributed by atoms with van der Waals surface area (Å²) in [4.78, 5) is 3.74. The first-order chi connectivity index (χ1) is 9.44. The number of halogens is 2. The van der Waals surface area contributed by atoms with Crippen LogP contribution in [0.5, 0.6) is 0 Å². The van der Waals surface area contributed by atoms with Crippen LogP contribution in [0.4, 0.5) is 0 Å². The molecule has 0 aliphatic heterocycles. The summed E-state index contributed by atoms with van der Waals surface area (Å²) in [5, 5.41) is 6.52. The number of nitrogens with zero attached hydrogens (tertiary/aromatic N) is 2. The van der Waals surface area contributed by atoms with Crippen LogP contribution in [0, 0.1) is 0 Å². The zero-order chi connectivity index (χ0) is 14.8. The molecule has 0 amide bonds. The molecule has 1 aromatic heterocycles. The summed E-state index contributed by atoms with van der Waals surface area (Å²) in [5.74, 6) is 0.387. The predicted molar refractivity (Wildman–Crippen MR) is 74.8 cm³/mol. The van der Waals surface area contributed by atoms with Crippen LogP contribution in [0.15, 0.2) is 23.4 Å². The number of rotatable bonds is 5. The van der Waals surface area contributed by atoms with Crippen LogP contribution in [0.3, 0.4) is 0 Å². The number of sulfonamides is 1. The lowest BCUT2D eigenvalue weighted by Crippen LogP contribution is -2.24. The second-order valence-electron chi connectivity index (χ2n) is 3.83. The maximum atomic E-state index is 12.2. The molecule has 0 saturated heterocycles. The van der Waals surface area contributed by atoms with Gasteiger partial charge >= 0.3 is 0 Å². The van der Waals surface area contributed by atoms with E-state index >= 15 is 0 Å². The van der Waals surface area contributed by atoms with E-state index in [0.717, 1.165) is 0 Å². The first kappa shape index (κ1) is 15.2. The van der Waals surface area contributed by atoms with E-state index < -0.39 is 10.0 Å². The molecule has 2 aromatic rings. The van der Waals surface area contributed by atoms with Gasteiger partial charge in [0.2, 0.25) is 10.0 Å². The van der Waals surface area contributed by atoms with Gasteiger partial charge in [0.15, 0.2) is 0 Å². The Morgan fingerprint density at radius 1 is 1.30 bits per heavy atom. The zero-order valence-electron chi connectivity index (χ0n) is 10.1. The number of H-pyrrole nitrogens is 1. The third kappa shape index (κ3) is 3.28. The number of benzene rings is 1. The van der Waals surface area contributed by atoms with Gasteiger partial charge in [0.05, 0.1) is 11.6 Å². The van der Waals surface area contributed by atoms with Crippen molar-refractivity contribution in [2.45, 2.75) is 18.0 Å². The van der Waals surface area contributed by atoms with E-state index in [1.54, 1.807) is 0 Å². The van der Waals surface area contributed by atoms with Crippen molar-refractivity contribution in [2.24, 2.45) is 5.73 Å². The summed E-state index contributed by atoms with van der Waals surface area (Å²) in [5.41, 5.74) is 5.99. The predicted octanol–water partition coefficient (Wildman–Crippen LogP) is 1.05. The molecule has 0 aliphatic carbocycles. The molecule has 4 N–H and O–H groups in total. The Kier molecular flexibility index (Phi) is 4.61. The van der Waals surface area contributed by atoms with Crippen LogP contribution in [0.1, 0.15) is 11.4 Å². The van der Waals surface area contributed by atoms with Crippen LogP contribution in [-0.4, -0.2) is 23.6 Å². The third-order valence-corrected chi connectivity index (χ3v) is 4.72. The van der Waals surface area contributed by atoms with E-state index in [1.165, 1.54) is 18.5 Å². The van der Waals surface area contributed by atoms with E-state index in [-0.39, 0.29) is 23.0 Å². The molecule has 7 nitrogen and oxygen atoms in total. The fraction of sp³-hybridized carbons (Fsp3) is 0.200. The SMILES string of the molecule is NCc1cc(S(=O)(=O)NCc2ncn[nH]2)c(Cl)cc1Cl. The molecule has 0 atom stereocenters. The van der Waals surface area contributed by atoms with E-state index in [1.807, 2.05) is 0 Å². The standard InChI is InChI=1S/C10H11Cl2N5O2S/c11-7-2-8(12)9(1-6(7)3-13)20(18,19)16-4-10-14-5-15-17-10/h1-2,5,16H,3-4,13H2,(H,14,15,17). The fourth-order valence-electron chi connectivity index (χ4n) is 1.49. The van der Waals surface area contributed by atoms with Crippen molar-refractivity contribution >= 4 is 33.2 Å². The number of aromatic nitrogens is 3. The molecule has 1 aromatic carbocycles. The Morgan fingerprint density at radius 3 is 2.65 bits per heavy atom. The molecule has 0 aliphatic rings. The van der Waals surface area contributed by atoms with Gasteiger partial charge in [-0.1, -0.05) is 23.2 Å². The lowest BCUT2D eigenvalue weighted by molar-refractivity contribution is 0.579. The smallest absolute Gasteiger partial charge is 0.242 e. The van der Waals surface area contributed by atoms with Gasteiger partial charge in [-0.05, 0) is 17.7 Å². The molecular formula is C10H11Cl2N5O2S. The maximum absolute atomic E-state index is 12.2. The van der Waals surface area contributed by atoms with Gasteiger partial charge in [0.25, 0.3) is 0 Å². The van der Waals surface area contributed by atoms with Crippen molar-refractivity contribution in [1.29, 1.82) is 0 Å². The highest BCUT2D eigenvalue weighted by molar-refractivity contribution is 7.89. The third-order valence-electron chi connectivity index (χ3n) is 2.50. The Labute approximate surface area is 125 Å². The molecular weight excluding hydrogens is 325 g/mol. The molecule has 108 valence electrons. The van der Waals surface area contributed by atoms with Crippen LogP contribution >= 0.6 is 23.2 Å². The number of nitrogens with two attached hydrogens (primary N) is 1. The summed E-state index contributed by atoms with van der Waals surface area (Å²) in [6.07, 6.45) is 1.28. The lowest BCUT2D eigenvalue weighted by Gasteiger charge is -2.10. The summed E-state index contributed by atoms with van der Waals surface area (Å²) >= 11 is 11.8. The van der Waals surface area contributed by atoms with E-state index in [2.05, 4.69) is 19.9 Å². The number of nitrogens with one attached hydrogen (secondary N) is 2. The molecule has 1 heterocycles. The van der Waals surface area contributed by atoms with Gasteiger partial charge in [0, 0.05) is 11.6 Å². The highest BCUT2D eigenvalue weighted by Gasteiger charge is 2.20. The minimum atomic E-state index is -3.80. The van der Waals surface area contributed by atoms with Crippen LogP contribution in [-0.2, 0) is 23.1 Å². The Balaban J connectivity index is 2.29. The quantitative estimate of drug-likeness (QED) is 0.755. The highest BCUT2D eigenvalue weighted by Crippen LogP contribution is 2.28. The average Bonchev–Trinajstić information content (AvgIpc) is 2.89. The Hall–Kier alpha value is -1.19. The molecule has 0 saturated carbocycles. The largest absolute Gasteiger partial charge is 0.326 e. The Bertz CT molecular complexity index is 703. The van der Waals surface area contributed by atoms with Crippen molar-refractivity contribution in [2.75, 3.05) is 0 Å². The summed E-state index contributed by atoms with van der Waals surface area (Å²) in [6, 6.07) is 2.71. The first-order valence-electron chi connectivity index (χ1n) is 5.46. The molecule has 20 heavy (non-hydrogen) atoms. The molecule has 0 spiro atoms. The summed E-state index contributed by atoms with van der Waals surface area (Å²) < 4.78 is 26.7. The van der Waals surface area contributed by atoms with E-state index in [4.69, 9.17) is 28.9 Å². The average molecular weight is 336 g/mol. The van der Waals surface area contributed by atoms with Gasteiger partial charge in [-0.2, -0.15) is 5.10 Å². The molecule has 0 bridgehead atoms. The van der Waals surface area contributed by atoms with Gasteiger partial charge in [0.1, 0.15) is 17.0 Å². The monoisotopic (exact) mass is 335 g/mol.